The number of ether oxygens (including phenoxy) is 1. The van der Waals surface area contributed by atoms with E-state index in [0.29, 0.717) is 0 Å². The first kappa shape index (κ1) is 14.2. The minimum absolute atomic E-state index is 0.732. The molecule has 2 aromatic heterocycles. The number of rotatable bonds is 7. The first-order valence-electron chi connectivity index (χ1n) is 6.22. The molecule has 0 unspecified atom stereocenters. The quantitative estimate of drug-likeness (QED) is 0.795. The molecule has 0 aliphatic heterocycles. The lowest BCUT2D eigenvalue weighted by Crippen LogP contribution is -2.20. The van der Waals surface area contributed by atoms with Crippen LogP contribution in [0.2, 0.25) is 0 Å². The van der Waals surface area contributed by atoms with Crippen LogP contribution < -0.4 is 5.32 Å². The van der Waals surface area contributed by atoms with Crippen LogP contribution in [0.4, 0.5) is 0 Å². The molecule has 4 nitrogen and oxygen atoms in total. The van der Waals surface area contributed by atoms with Crippen molar-refractivity contribution in [3.8, 4) is 0 Å². The molecule has 1 N–H and O–H groups in total. The van der Waals surface area contributed by atoms with E-state index >= 15 is 0 Å². The number of aromatic nitrogens is 2. The Balaban J connectivity index is 1.95. The third-order valence-electron chi connectivity index (χ3n) is 2.83. The van der Waals surface area contributed by atoms with Crippen molar-refractivity contribution in [2.24, 2.45) is 0 Å². The fraction of sp³-hybridized carbons (Fsp3) is 0.357. The first-order chi connectivity index (χ1) is 9.29. The van der Waals surface area contributed by atoms with Gasteiger partial charge in [-0.05, 0) is 39.7 Å². The molecule has 2 aromatic rings. The molecule has 102 valence electrons. The van der Waals surface area contributed by atoms with Crippen molar-refractivity contribution in [1.82, 2.24) is 14.9 Å². The second kappa shape index (κ2) is 7.43. The highest BCUT2D eigenvalue weighted by atomic mass is 79.9. The molecule has 0 bridgehead atoms. The SMILES string of the molecule is COCCNCc1cccn1Cc1cncc(Br)c1. The van der Waals surface area contributed by atoms with Crippen molar-refractivity contribution < 1.29 is 4.74 Å². The summed E-state index contributed by atoms with van der Waals surface area (Å²) >= 11 is 3.45. The summed E-state index contributed by atoms with van der Waals surface area (Å²) in [5.74, 6) is 0. The molecule has 0 saturated carbocycles. The molecule has 19 heavy (non-hydrogen) atoms. The predicted octanol–water partition coefficient (Wildman–Crippen LogP) is 2.43. The fourth-order valence-corrected chi connectivity index (χ4v) is 2.31. The smallest absolute Gasteiger partial charge is 0.0587 e. The van der Waals surface area contributed by atoms with E-state index in [1.165, 1.54) is 11.3 Å². The molecule has 5 heteroatoms. The third-order valence-corrected chi connectivity index (χ3v) is 3.26. The second-order valence-corrected chi connectivity index (χ2v) is 5.22. The van der Waals surface area contributed by atoms with Crippen molar-refractivity contribution in [2.75, 3.05) is 20.3 Å². The number of methoxy groups -OCH3 is 1. The van der Waals surface area contributed by atoms with E-state index in [4.69, 9.17) is 4.74 Å². The van der Waals surface area contributed by atoms with Crippen molar-refractivity contribution >= 4 is 15.9 Å². The zero-order chi connectivity index (χ0) is 13.5. The van der Waals surface area contributed by atoms with Gasteiger partial charge in [0.15, 0.2) is 0 Å². The summed E-state index contributed by atoms with van der Waals surface area (Å²) in [6.07, 6.45) is 5.79. The molecule has 0 radical (unpaired) electrons. The van der Waals surface area contributed by atoms with Crippen LogP contribution in [0.1, 0.15) is 11.3 Å². The molecule has 0 aliphatic carbocycles. The van der Waals surface area contributed by atoms with Gasteiger partial charge >= 0.3 is 0 Å². The molecule has 2 heterocycles. The lowest BCUT2D eigenvalue weighted by Gasteiger charge is -2.10. The molecule has 0 atom stereocenters. The minimum Gasteiger partial charge on any atom is -0.383 e. The number of hydrogen-bond acceptors (Lipinski definition) is 3. The largest absolute Gasteiger partial charge is 0.383 e. The Morgan fingerprint density at radius 1 is 1.42 bits per heavy atom. The summed E-state index contributed by atoms with van der Waals surface area (Å²) in [4.78, 5) is 4.19. The predicted molar refractivity (Wildman–Crippen MR) is 79.1 cm³/mol. The van der Waals surface area contributed by atoms with E-state index in [0.717, 1.165) is 30.7 Å². The second-order valence-electron chi connectivity index (χ2n) is 4.31. The van der Waals surface area contributed by atoms with E-state index < -0.39 is 0 Å². The van der Waals surface area contributed by atoms with Crippen LogP contribution in [0, 0.1) is 0 Å². The minimum atomic E-state index is 0.732. The summed E-state index contributed by atoms with van der Waals surface area (Å²) in [7, 11) is 1.71. The van der Waals surface area contributed by atoms with E-state index in [-0.39, 0.29) is 0 Å². The van der Waals surface area contributed by atoms with E-state index in [2.05, 4.69) is 55.2 Å². The fourth-order valence-electron chi connectivity index (χ4n) is 1.89. The average Bonchev–Trinajstić information content (AvgIpc) is 2.82. The lowest BCUT2D eigenvalue weighted by molar-refractivity contribution is 0.199. The molecular weight excluding hydrogens is 306 g/mol. The normalized spacial score (nSPS) is 10.8. The van der Waals surface area contributed by atoms with Crippen LogP contribution in [-0.2, 0) is 17.8 Å². The Labute approximate surface area is 121 Å². The molecule has 0 fully saturated rings. The average molecular weight is 324 g/mol. The standard InChI is InChI=1S/C14H18BrN3O/c1-19-6-4-16-10-14-3-2-5-18(14)11-12-7-13(15)9-17-8-12/h2-3,5,7-9,16H,4,6,10-11H2,1H3. The Morgan fingerprint density at radius 3 is 3.11 bits per heavy atom. The summed E-state index contributed by atoms with van der Waals surface area (Å²) < 4.78 is 8.25. The van der Waals surface area contributed by atoms with Crippen molar-refractivity contribution in [3.63, 3.8) is 0 Å². The summed E-state index contributed by atoms with van der Waals surface area (Å²) in [5, 5.41) is 3.36. The van der Waals surface area contributed by atoms with Crippen LogP contribution in [0.5, 0.6) is 0 Å². The van der Waals surface area contributed by atoms with Crippen molar-refractivity contribution in [1.29, 1.82) is 0 Å². The van der Waals surface area contributed by atoms with E-state index in [1.807, 2.05) is 6.20 Å². The maximum Gasteiger partial charge on any atom is 0.0587 e. The molecule has 0 amide bonds. The Morgan fingerprint density at radius 2 is 2.32 bits per heavy atom. The topological polar surface area (TPSA) is 39.1 Å². The summed E-state index contributed by atoms with van der Waals surface area (Å²) in [5.41, 5.74) is 2.44. The number of hydrogen-bond donors (Lipinski definition) is 1. The van der Waals surface area contributed by atoms with Gasteiger partial charge in [-0.1, -0.05) is 0 Å². The number of pyridine rings is 1. The van der Waals surface area contributed by atoms with Gasteiger partial charge in [0.2, 0.25) is 0 Å². The molecular formula is C14H18BrN3O. The molecule has 2 rings (SSSR count). The number of nitrogens with zero attached hydrogens (tertiary/aromatic N) is 2. The van der Waals surface area contributed by atoms with Gasteiger partial charge in [0.25, 0.3) is 0 Å². The molecule has 0 aliphatic rings. The highest BCUT2D eigenvalue weighted by Crippen LogP contribution is 2.12. The van der Waals surface area contributed by atoms with Gasteiger partial charge < -0.3 is 14.6 Å². The number of halogens is 1. The van der Waals surface area contributed by atoms with E-state index in [1.54, 1.807) is 13.3 Å². The van der Waals surface area contributed by atoms with Crippen LogP contribution in [0.15, 0.2) is 41.3 Å². The van der Waals surface area contributed by atoms with Crippen molar-refractivity contribution in [3.05, 3.63) is 52.5 Å². The van der Waals surface area contributed by atoms with Crippen molar-refractivity contribution in [2.45, 2.75) is 13.1 Å². The summed E-state index contributed by atoms with van der Waals surface area (Å²) in [6.45, 7) is 3.27. The monoisotopic (exact) mass is 323 g/mol. The van der Waals surface area contributed by atoms with Crippen LogP contribution in [0.3, 0.4) is 0 Å². The van der Waals surface area contributed by atoms with Gasteiger partial charge in [0, 0.05) is 55.5 Å². The van der Waals surface area contributed by atoms with Crippen LogP contribution in [-0.4, -0.2) is 29.8 Å². The zero-order valence-electron chi connectivity index (χ0n) is 11.0. The van der Waals surface area contributed by atoms with Crippen LogP contribution in [0.25, 0.3) is 0 Å². The van der Waals surface area contributed by atoms with Gasteiger partial charge in [0.1, 0.15) is 0 Å². The Hall–Kier alpha value is -1.17. The summed E-state index contributed by atoms with van der Waals surface area (Å²) in [6, 6.07) is 6.29. The van der Waals surface area contributed by atoms with E-state index in [9.17, 15) is 0 Å². The lowest BCUT2D eigenvalue weighted by atomic mass is 10.3. The van der Waals surface area contributed by atoms with Gasteiger partial charge in [-0.2, -0.15) is 0 Å². The molecule has 0 saturated heterocycles. The first-order valence-corrected chi connectivity index (χ1v) is 7.02. The molecule has 0 spiro atoms. The highest BCUT2D eigenvalue weighted by molar-refractivity contribution is 9.10. The Kier molecular flexibility index (Phi) is 5.57. The zero-order valence-corrected chi connectivity index (χ0v) is 12.6. The van der Waals surface area contributed by atoms with Gasteiger partial charge in [0.05, 0.1) is 6.61 Å². The molecule has 0 aromatic carbocycles. The maximum atomic E-state index is 5.02. The highest BCUT2D eigenvalue weighted by Gasteiger charge is 2.02. The third kappa shape index (κ3) is 4.45. The van der Waals surface area contributed by atoms with Gasteiger partial charge in [-0.3, -0.25) is 4.98 Å². The maximum absolute atomic E-state index is 5.02. The van der Waals surface area contributed by atoms with Crippen LogP contribution >= 0.6 is 15.9 Å². The van der Waals surface area contributed by atoms with Gasteiger partial charge in [-0.25, -0.2) is 0 Å². The van der Waals surface area contributed by atoms with Gasteiger partial charge in [-0.15, -0.1) is 0 Å². The number of nitrogens with one attached hydrogen (secondary N) is 1. The Bertz CT molecular complexity index is 513.